The number of ether oxygens (including phenoxy) is 2. The van der Waals surface area contributed by atoms with E-state index in [-0.39, 0.29) is 17.9 Å². The molecular weight excluding hydrogens is 333 g/mol. The van der Waals surface area contributed by atoms with Gasteiger partial charge in [-0.05, 0) is 48.7 Å². The first kappa shape index (κ1) is 18.4. The summed E-state index contributed by atoms with van der Waals surface area (Å²) in [5, 5.41) is 0. The van der Waals surface area contributed by atoms with Crippen LogP contribution in [-0.4, -0.2) is 44.2 Å². The number of carbonyl (C=O) groups is 1. The number of rotatable bonds is 5. The van der Waals surface area contributed by atoms with Gasteiger partial charge in [0.05, 0.1) is 13.2 Å². The fourth-order valence-electron chi connectivity index (χ4n) is 3.57. The molecule has 0 radical (unpaired) electrons. The molecule has 3 rings (SSSR count). The van der Waals surface area contributed by atoms with E-state index in [2.05, 4.69) is 0 Å². The summed E-state index contributed by atoms with van der Waals surface area (Å²) in [6, 6.07) is 13.8. The lowest BCUT2D eigenvalue weighted by Gasteiger charge is -2.38. The Hall–Kier alpha value is -2.40. The van der Waals surface area contributed by atoms with Crippen molar-refractivity contribution in [2.45, 2.75) is 18.9 Å². The van der Waals surface area contributed by atoms with Crippen molar-refractivity contribution in [3.63, 3.8) is 0 Å². The minimum Gasteiger partial charge on any atom is -0.497 e. The zero-order valence-corrected chi connectivity index (χ0v) is 15.2. The number of carbonyl (C=O) groups excluding carboxylic acids is 1. The first-order valence-corrected chi connectivity index (χ1v) is 8.81. The van der Waals surface area contributed by atoms with Gasteiger partial charge < -0.3 is 14.4 Å². The van der Waals surface area contributed by atoms with Crippen LogP contribution in [0.1, 0.15) is 22.3 Å². The van der Waals surface area contributed by atoms with Crippen LogP contribution < -0.4 is 4.74 Å². The summed E-state index contributed by atoms with van der Waals surface area (Å²) in [7, 11) is 3.36. The second kappa shape index (κ2) is 8.32. The number of methoxy groups -OCH3 is 2. The molecule has 0 aliphatic carbocycles. The predicted octanol–water partition coefficient (Wildman–Crippen LogP) is 3.55. The van der Waals surface area contributed by atoms with Crippen molar-refractivity contribution < 1.29 is 18.7 Å². The van der Waals surface area contributed by atoms with Gasteiger partial charge >= 0.3 is 0 Å². The number of halogens is 1. The molecule has 26 heavy (non-hydrogen) atoms. The largest absolute Gasteiger partial charge is 0.497 e. The lowest BCUT2D eigenvalue weighted by atomic mass is 9.88. The van der Waals surface area contributed by atoms with Crippen LogP contribution in [0.15, 0.2) is 48.5 Å². The van der Waals surface area contributed by atoms with Crippen molar-refractivity contribution in [2.75, 3.05) is 27.3 Å². The third-order valence-electron chi connectivity index (χ3n) is 4.98. The SMILES string of the molecule is COc1ccc(C[C@@H]2CN(C(=O)c3cccc(F)c3)CC[C@H]2OC)cc1. The molecule has 0 N–H and O–H groups in total. The van der Waals surface area contributed by atoms with Crippen LogP contribution in [0.5, 0.6) is 5.75 Å². The van der Waals surface area contributed by atoms with E-state index in [1.54, 1.807) is 31.3 Å². The first-order valence-electron chi connectivity index (χ1n) is 8.81. The van der Waals surface area contributed by atoms with Crippen molar-refractivity contribution >= 4 is 5.91 Å². The van der Waals surface area contributed by atoms with E-state index >= 15 is 0 Å². The van der Waals surface area contributed by atoms with Gasteiger partial charge in [0.25, 0.3) is 5.91 Å². The molecule has 1 aliphatic heterocycles. The summed E-state index contributed by atoms with van der Waals surface area (Å²) in [4.78, 5) is 14.5. The Morgan fingerprint density at radius 1 is 1.19 bits per heavy atom. The molecular formula is C21H24FNO3. The second-order valence-electron chi connectivity index (χ2n) is 6.64. The highest BCUT2D eigenvalue weighted by atomic mass is 19.1. The van der Waals surface area contributed by atoms with Crippen molar-refractivity contribution in [2.24, 2.45) is 5.92 Å². The Balaban J connectivity index is 1.72. The number of amides is 1. The maximum Gasteiger partial charge on any atom is 0.253 e. The van der Waals surface area contributed by atoms with E-state index in [1.807, 2.05) is 24.3 Å². The van der Waals surface area contributed by atoms with E-state index in [0.29, 0.717) is 18.7 Å². The Kier molecular flexibility index (Phi) is 5.89. The molecule has 1 heterocycles. The summed E-state index contributed by atoms with van der Waals surface area (Å²) in [5.74, 6) is 0.499. The normalized spacial score (nSPS) is 20.0. The van der Waals surface area contributed by atoms with Crippen LogP contribution in [0.25, 0.3) is 0 Å². The van der Waals surface area contributed by atoms with E-state index in [9.17, 15) is 9.18 Å². The third-order valence-corrected chi connectivity index (χ3v) is 4.98. The fourth-order valence-corrected chi connectivity index (χ4v) is 3.57. The smallest absolute Gasteiger partial charge is 0.253 e. The van der Waals surface area contributed by atoms with E-state index in [4.69, 9.17) is 9.47 Å². The van der Waals surface area contributed by atoms with E-state index < -0.39 is 5.82 Å². The zero-order chi connectivity index (χ0) is 18.5. The molecule has 5 heteroatoms. The fraction of sp³-hybridized carbons (Fsp3) is 0.381. The molecule has 0 spiro atoms. The van der Waals surface area contributed by atoms with Crippen molar-refractivity contribution in [3.8, 4) is 5.75 Å². The molecule has 2 aromatic rings. The molecule has 1 amide bonds. The molecule has 0 bridgehead atoms. The number of piperidine rings is 1. The average Bonchev–Trinajstić information content (AvgIpc) is 2.68. The first-order chi connectivity index (χ1) is 12.6. The predicted molar refractivity (Wildman–Crippen MR) is 97.9 cm³/mol. The molecule has 2 aromatic carbocycles. The summed E-state index contributed by atoms with van der Waals surface area (Å²) < 4.78 is 24.3. The maximum atomic E-state index is 13.4. The molecule has 0 aromatic heterocycles. The van der Waals surface area contributed by atoms with Crippen molar-refractivity contribution in [3.05, 3.63) is 65.5 Å². The van der Waals surface area contributed by atoms with Gasteiger partial charge in [0.2, 0.25) is 0 Å². The van der Waals surface area contributed by atoms with Crippen LogP contribution in [-0.2, 0) is 11.2 Å². The summed E-state index contributed by atoms with van der Waals surface area (Å²) >= 11 is 0. The molecule has 1 fully saturated rings. The van der Waals surface area contributed by atoms with Crippen LogP contribution in [0.2, 0.25) is 0 Å². The highest BCUT2D eigenvalue weighted by molar-refractivity contribution is 5.94. The Labute approximate surface area is 153 Å². The van der Waals surface area contributed by atoms with Crippen LogP contribution >= 0.6 is 0 Å². The van der Waals surface area contributed by atoms with Gasteiger partial charge in [0.15, 0.2) is 0 Å². The van der Waals surface area contributed by atoms with Gasteiger partial charge in [-0.25, -0.2) is 4.39 Å². The topological polar surface area (TPSA) is 38.8 Å². The second-order valence-corrected chi connectivity index (χ2v) is 6.64. The lowest BCUT2D eigenvalue weighted by molar-refractivity contribution is -0.00300. The molecule has 138 valence electrons. The standard InChI is InChI=1S/C21H24FNO3/c1-25-19-8-6-15(7-9-19)12-17-14-23(11-10-20(17)26-2)21(24)16-4-3-5-18(22)13-16/h3-9,13,17,20H,10-12,14H2,1-2H3/t17-,20-/m1/s1. The average molecular weight is 357 g/mol. The minimum atomic E-state index is -0.391. The van der Waals surface area contributed by atoms with Crippen molar-refractivity contribution in [1.82, 2.24) is 4.90 Å². The van der Waals surface area contributed by atoms with Gasteiger partial charge in [0, 0.05) is 31.7 Å². The van der Waals surface area contributed by atoms with Crippen LogP contribution in [0.3, 0.4) is 0 Å². The Morgan fingerprint density at radius 3 is 2.62 bits per heavy atom. The highest BCUT2D eigenvalue weighted by Gasteiger charge is 2.32. The number of nitrogens with zero attached hydrogens (tertiary/aromatic N) is 1. The quantitative estimate of drug-likeness (QED) is 0.821. The van der Waals surface area contributed by atoms with Gasteiger partial charge in [-0.15, -0.1) is 0 Å². The minimum absolute atomic E-state index is 0.105. The van der Waals surface area contributed by atoms with Gasteiger partial charge in [-0.2, -0.15) is 0 Å². The summed E-state index contributed by atoms with van der Waals surface area (Å²) in [5.41, 5.74) is 1.57. The summed E-state index contributed by atoms with van der Waals surface area (Å²) in [6.45, 7) is 1.22. The maximum absolute atomic E-state index is 13.4. The lowest BCUT2D eigenvalue weighted by Crippen LogP contribution is -2.47. The van der Waals surface area contributed by atoms with Gasteiger partial charge in [-0.1, -0.05) is 18.2 Å². The van der Waals surface area contributed by atoms with E-state index in [1.165, 1.54) is 17.7 Å². The van der Waals surface area contributed by atoms with E-state index in [0.717, 1.165) is 18.6 Å². The molecule has 4 nitrogen and oxygen atoms in total. The number of likely N-dealkylation sites (tertiary alicyclic amines) is 1. The van der Waals surface area contributed by atoms with Crippen molar-refractivity contribution in [1.29, 1.82) is 0 Å². The molecule has 2 atom stereocenters. The molecule has 1 saturated heterocycles. The zero-order valence-electron chi connectivity index (χ0n) is 15.2. The number of hydrogen-bond acceptors (Lipinski definition) is 3. The van der Waals surface area contributed by atoms with Gasteiger partial charge in [0.1, 0.15) is 11.6 Å². The third kappa shape index (κ3) is 4.22. The number of benzene rings is 2. The number of hydrogen-bond donors (Lipinski definition) is 0. The monoisotopic (exact) mass is 357 g/mol. The summed E-state index contributed by atoms with van der Waals surface area (Å²) in [6.07, 6.45) is 1.70. The van der Waals surface area contributed by atoms with Gasteiger partial charge in [-0.3, -0.25) is 4.79 Å². The Bertz CT molecular complexity index is 747. The van der Waals surface area contributed by atoms with Crippen LogP contribution in [0, 0.1) is 11.7 Å². The Morgan fingerprint density at radius 2 is 1.96 bits per heavy atom. The molecule has 0 saturated carbocycles. The van der Waals surface area contributed by atoms with Crippen LogP contribution in [0.4, 0.5) is 4.39 Å². The molecule has 1 aliphatic rings. The highest BCUT2D eigenvalue weighted by Crippen LogP contribution is 2.26. The molecule has 0 unspecified atom stereocenters.